The molecule has 0 amide bonds. The van der Waals surface area contributed by atoms with Crippen LogP contribution in [0.4, 0.5) is 4.79 Å². The van der Waals surface area contributed by atoms with Crippen molar-refractivity contribution in [3.63, 3.8) is 0 Å². The van der Waals surface area contributed by atoms with Gasteiger partial charge >= 0.3 is 6.16 Å². The van der Waals surface area contributed by atoms with Gasteiger partial charge in [-0.25, -0.2) is 4.79 Å². The molecular weight excluding hydrogens is 179 g/mol. The molecular formula is C5H6Cl2O3. The molecule has 1 rings (SSSR count). The van der Waals surface area contributed by atoms with Crippen molar-refractivity contribution in [2.75, 3.05) is 11.8 Å². The summed E-state index contributed by atoms with van der Waals surface area (Å²) in [6.45, 7) is 0. The summed E-state index contributed by atoms with van der Waals surface area (Å²) in [4.78, 5) is 10.4. The van der Waals surface area contributed by atoms with E-state index in [2.05, 4.69) is 9.47 Å². The van der Waals surface area contributed by atoms with Crippen LogP contribution in [0.2, 0.25) is 0 Å². The Labute approximate surface area is 68.2 Å². The largest absolute Gasteiger partial charge is 0.509 e. The molecule has 0 aromatic heterocycles. The average Bonchev–Trinajstić information content (AvgIpc) is 2.30. The highest BCUT2D eigenvalue weighted by atomic mass is 35.5. The van der Waals surface area contributed by atoms with Crippen molar-refractivity contribution in [2.45, 2.75) is 12.2 Å². The van der Waals surface area contributed by atoms with E-state index in [9.17, 15) is 4.79 Å². The number of ether oxygens (including phenoxy) is 2. The van der Waals surface area contributed by atoms with Gasteiger partial charge in [-0.1, -0.05) is 0 Å². The highest BCUT2D eigenvalue weighted by Crippen LogP contribution is 2.17. The first kappa shape index (κ1) is 7.95. The van der Waals surface area contributed by atoms with Crippen molar-refractivity contribution in [3.05, 3.63) is 0 Å². The first-order chi connectivity index (χ1) is 4.77. The fourth-order valence-electron chi connectivity index (χ4n) is 0.688. The van der Waals surface area contributed by atoms with E-state index in [0.717, 1.165) is 0 Å². The molecule has 0 saturated carbocycles. The number of carbonyl (C=O) groups is 1. The van der Waals surface area contributed by atoms with E-state index in [-0.39, 0.29) is 24.0 Å². The third kappa shape index (κ3) is 1.47. The maximum atomic E-state index is 10.4. The Morgan fingerprint density at radius 3 is 1.90 bits per heavy atom. The van der Waals surface area contributed by atoms with Gasteiger partial charge < -0.3 is 9.47 Å². The highest BCUT2D eigenvalue weighted by molar-refractivity contribution is 6.19. The van der Waals surface area contributed by atoms with E-state index in [1.165, 1.54) is 0 Å². The molecule has 1 saturated heterocycles. The van der Waals surface area contributed by atoms with Gasteiger partial charge in [0.05, 0.1) is 11.8 Å². The molecule has 3 nitrogen and oxygen atoms in total. The van der Waals surface area contributed by atoms with Crippen LogP contribution in [0.3, 0.4) is 0 Å². The summed E-state index contributed by atoms with van der Waals surface area (Å²) in [6, 6.07) is 0. The summed E-state index contributed by atoms with van der Waals surface area (Å²) < 4.78 is 9.27. The Hall–Kier alpha value is -0.150. The minimum Gasteiger partial charge on any atom is -0.426 e. The molecule has 1 heterocycles. The average molecular weight is 185 g/mol. The van der Waals surface area contributed by atoms with E-state index in [4.69, 9.17) is 23.2 Å². The maximum Gasteiger partial charge on any atom is 0.509 e. The van der Waals surface area contributed by atoms with Crippen LogP contribution < -0.4 is 0 Å². The van der Waals surface area contributed by atoms with Crippen LogP contribution in [0.1, 0.15) is 0 Å². The van der Waals surface area contributed by atoms with E-state index in [1.54, 1.807) is 0 Å². The van der Waals surface area contributed by atoms with Gasteiger partial charge in [-0.2, -0.15) is 0 Å². The normalized spacial score (nSPS) is 31.6. The first-order valence-electron chi connectivity index (χ1n) is 2.77. The first-order valence-corrected chi connectivity index (χ1v) is 3.84. The zero-order valence-electron chi connectivity index (χ0n) is 5.05. The van der Waals surface area contributed by atoms with Crippen molar-refractivity contribution in [1.29, 1.82) is 0 Å². The number of hydrogen-bond acceptors (Lipinski definition) is 3. The van der Waals surface area contributed by atoms with Crippen molar-refractivity contribution in [3.8, 4) is 0 Å². The number of cyclic esters (lactones) is 2. The van der Waals surface area contributed by atoms with Gasteiger partial charge in [0.25, 0.3) is 0 Å². The minimum atomic E-state index is -0.684. The van der Waals surface area contributed by atoms with Gasteiger partial charge in [-0.05, 0) is 0 Å². The van der Waals surface area contributed by atoms with Gasteiger partial charge in [0.1, 0.15) is 0 Å². The van der Waals surface area contributed by atoms with Crippen molar-refractivity contribution in [1.82, 2.24) is 0 Å². The molecule has 5 heteroatoms. The van der Waals surface area contributed by atoms with Gasteiger partial charge in [-0.15, -0.1) is 23.2 Å². The molecule has 0 bridgehead atoms. The monoisotopic (exact) mass is 184 g/mol. The molecule has 0 aliphatic carbocycles. The highest BCUT2D eigenvalue weighted by Gasteiger charge is 2.34. The predicted molar refractivity (Wildman–Crippen MR) is 36.6 cm³/mol. The van der Waals surface area contributed by atoms with Gasteiger partial charge in [0.2, 0.25) is 0 Å². The fourth-order valence-corrected chi connectivity index (χ4v) is 1.21. The Morgan fingerprint density at radius 2 is 1.60 bits per heavy atom. The Morgan fingerprint density at radius 1 is 1.20 bits per heavy atom. The molecule has 0 aromatic rings. The van der Waals surface area contributed by atoms with E-state index < -0.39 is 6.16 Å². The number of halogens is 2. The molecule has 1 fully saturated rings. The number of hydrogen-bond donors (Lipinski definition) is 0. The number of alkyl halides is 2. The SMILES string of the molecule is O=C1O[C@@H](CCl)[C@@H](CCl)O1. The molecule has 2 atom stereocenters. The molecule has 1 aliphatic heterocycles. The number of carbonyl (C=O) groups excluding carboxylic acids is 1. The van der Waals surface area contributed by atoms with E-state index in [1.807, 2.05) is 0 Å². The minimum absolute atomic E-state index is 0.225. The summed E-state index contributed by atoms with van der Waals surface area (Å²) >= 11 is 10.9. The fraction of sp³-hybridized carbons (Fsp3) is 0.800. The van der Waals surface area contributed by atoms with Crippen LogP contribution in [-0.4, -0.2) is 30.1 Å². The molecule has 0 aromatic carbocycles. The lowest BCUT2D eigenvalue weighted by Gasteiger charge is -2.07. The summed E-state index contributed by atoms with van der Waals surface area (Å²) in [6.07, 6.45) is -1.45. The van der Waals surface area contributed by atoms with E-state index in [0.29, 0.717) is 0 Å². The van der Waals surface area contributed by atoms with Crippen molar-refractivity contribution < 1.29 is 14.3 Å². The van der Waals surface area contributed by atoms with Crippen molar-refractivity contribution in [2.24, 2.45) is 0 Å². The van der Waals surface area contributed by atoms with Crippen LogP contribution in [0, 0.1) is 0 Å². The lowest BCUT2D eigenvalue weighted by atomic mass is 10.3. The van der Waals surface area contributed by atoms with Gasteiger partial charge in [-0.3, -0.25) is 0 Å². The molecule has 0 radical (unpaired) electrons. The van der Waals surface area contributed by atoms with Crippen LogP contribution in [0.5, 0.6) is 0 Å². The van der Waals surface area contributed by atoms with Gasteiger partial charge in [0, 0.05) is 0 Å². The van der Waals surface area contributed by atoms with Gasteiger partial charge in [0.15, 0.2) is 12.2 Å². The lowest BCUT2D eigenvalue weighted by molar-refractivity contribution is 0.119. The zero-order chi connectivity index (χ0) is 7.56. The number of rotatable bonds is 2. The van der Waals surface area contributed by atoms with Crippen LogP contribution in [0.25, 0.3) is 0 Å². The predicted octanol–water partition coefficient (Wildman–Crippen LogP) is 1.37. The molecule has 1 aliphatic rings. The molecule has 0 N–H and O–H groups in total. The molecule has 10 heavy (non-hydrogen) atoms. The Bertz CT molecular complexity index is 125. The second kappa shape index (κ2) is 3.30. The Balaban J connectivity index is 2.48. The summed E-state index contributed by atoms with van der Waals surface area (Å²) in [5.74, 6) is 0.451. The van der Waals surface area contributed by atoms with Crippen LogP contribution >= 0.6 is 23.2 Å². The maximum absolute atomic E-state index is 10.4. The summed E-state index contributed by atoms with van der Waals surface area (Å²) in [5.41, 5.74) is 0. The second-order valence-corrected chi connectivity index (χ2v) is 2.49. The van der Waals surface area contributed by atoms with Crippen molar-refractivity contribution >= 4 is 29.4 Å². The summed E-state index contributed by atoms with van der Waals surface area (Å²) in [7, 11) is 0. The topological polar surface area (TPSA) is 35.5 Å². The second-order valence-electron chi connectivity index (χ2n) is 1.87. The van der Waals surface area contributed by atoms with Crippen LogP contribution in [0.15, 0.2) is 0 Å². The molecule has 0 spiro atoms. The third-order valence-corrected chi connectivity index (χ3v) is 1.82. The molecule has 58 valence electrons. The lowest BCUT2D eigenvalue weighted by Crippen LogP contribution is -2.25. The smallest absolute Gasteiger partial charge is 0.426 e. The third-order valence-electron chi connectivity index (χ3n) is 1.21. The van der Waals surface area contributed by atoms with Crippen LogP contribution in [-0.2, 0) is 9.47 Å². The summed E-state index contributed by atoms with van der Waals surface area (Å²) in [5, 5.41) is 0. The standard InChI is InChI=1S/C5H6Cl2O3/c6-1-3-4(2-7)10-5(8)9-3/h3-4H,1-2H2/t3-,4+. The quantitative estimate of drug-likeness (QED) is 0.481. The Kier molecular flexibility index (Phi) is 2.63. The van der Waals surface area contributed by atoms with E-state index >= 15 is 0 Å². The zero-order valence-corrected chi connectivity index (χ0v) is 6.56. The molecule has 0 unspecified atom stereocenters.